The summed E-state index contributed by atoms with van der Waals surface area (Å²) in [6, 6.07) is 13.0. The number of methoxy groups -OCH3 is 1. The normalized spacial score (nSPS) is 17.5. The van der Waals surface area contributed by atoms with Gasteiger partial charge in [0, 0.05) is 12.3 Å². The fourth-order valence-electron chi connectivity index (χ4n) is 2.58. The number of hydrogen-bond donors (Lipinski definition) is 1. The zero-order valence-corrected chi connectivity index (χ0v) is 14.3. The first-order valence-corrected chi connectivity index (χ1v) is 7.94. The van der Waals surface area contributed by atoms with Crippen LogP contribution in [0.2, 0.25) is 0 Å². The van der Waals surface area contributed by atoms with Gasteiger partial charge in [0.2, 0.25) is 5.91 Å². The molecule has 0 aromatic heterocycles. The number of para-hydroxylation sites is 1. The van der Waals surface area contributed by atoms with Crippen LogP contribution in [0.5, 0.6) is 5.75 Å². The molecule has 0 spiro atoms. The molecule has 1 saturated heterocycles. The molecule has 7 nitrogen and oxygen atoms in total. The van der Waals surface area contributed by atoms with E-state index >= 15 is 0 Å². The summed E-state index contributed by atoms with van der Waals surface area (Å²) in [4.78, 5) is 42.2. The van der Waals surface area contributed by atoms with E-state index in [-0.39, 0.29) is 0 Å². The summed E-state index contributed by atoms with van der Waals surface area (Å²) in [6.45, 7) is 1.88. The van der Waals surface area contributed by atoms with E-state index in [1.54, 1.807) is 30.3 Å². The van der Waals surface area contributed by atoms with Crippen molar-refractivity contribution in [2.75, 3.05) is 12.0 Å². The second-order valence-corrected chi connectivity index (χ2v) is 5.71. The van der Waals surface area contributed by atoms with Gasteiger partial charge in [-0.05, 0) is 30.7 Å². The Labute approximate surface area is 150 Å². The van der Waals surface area contributed by atoms with Crippen LogP contribution in [-0.4, -0.2) is 31.2 Å². The number of hydrogen-bond acceptors (Lipinski definition) is 5. The summed E-state index contributed by atoms with van der Waals surface area (Å²) in [5, 5.41) is 2.19. The van der Waals surface area contributed by atoms with E-state index in [1.807, 2.05) is 25.1 Å². The molecule has 1 fully saturated rings. The standard InChI is InChI=1S/C19H17N3O4/c1-12-6-3-4-9-16(12)20-11-15-17(23)21-19(25)22(18(15)24)13-7-5-8-14(10-13)26-2/h3-11,15H,1-2H3,(H,21,23,25)/t15-/m0/s1. The second kappa shape index (κ2) is 7.18. The molecule has 7 heteroatoms. The molecule has 1 heterocycles. The fraction of sp³-hybridized carbons (Fsp3) is 0.158. The number of benzene rings is 2. The minimum absolute atomic E-state index is 0.314. The molecule has 3 rings (SSSR count). The molecule has 1 aliphatic heterocycles. The van der Waals surface area contributed by atoms with Crippen LogP contribution >= 0.6 is 0 Å². The first-order valence-electron chi connectivity index (χ1n) is 7.94. The van der Waals surface area contributed by atoms with Gasteiger partial charge in [0.25, 0.3) is 5.91 Å². The molecular formula is C19H17N3O4. The first kappa shape index (κ1) is 17.3. The highest BCUT2D eigenvalue weighted by molar-refractivity contribution is 6.32. The van der Waals surface area contributed by atoms with Crippen molar-refractivity contribution in [2.45, 2.75) is 6.92 Å². The molecule has 0 saturated carbocycles. The molecule has 2 aromatic rings. The molecule has 0 bridgehead atoms. The van der Waals surface area contributed by atoms with Gasteiger partial charge >= 0.3 is 6.03 Å². The zero-order valence-electron chi connectivity index (χ0n) is 14.3. The SMILES string of the molecule is COc1cccc(N2C(=O)NC(=O)[C@H](C=Nc3ccccc3C)C2=O)c1. The third-order valence-electron chi connectivity index (χ3n) is 3.99. The van der Waals surface area contributed by atoms with Crippen LogP contribution in [0.15, 0.2) is 53.5 Å². The number of aryl methyl sites for hydroxylation is 1. The van der Waals surface area contributed by atoms with Gasteiger partial charge in [-0.2, -0.15) is 0 Å². The van der Waals surface area contributed by atoms with Crippen LogP contribution in [0.3, 0.4) is 0 Å². The van der Waals surface area contributed by atoms with Crippen LogP contribution in [-0.2, 0) is 9.59 Å². The van der Waals surface area contributed by atoms with Gasteiger partial charge in [0.15, 0.2) is 5.92 Å². The Balaban J connectivity index is 1.91. The van der Waals surface area contributed by atoms with Crippen LogP contribution < -0.4 is 15.0 Å². The van der Waals surface area contributed by atoms with E-state index in [2.05, 4.69) is 10.3 Å². The van der Waals surface area contributed by atoms with Crippen molar-refractivity contribution in [1.82, 2.24) is 5.32 Å². The largest absolute Gasteiger partial charge is 0.497 e. The zero-order chi connectivity index (χ0) is 18.7. The maximum Gasteiger partial charge on any atom is 0.335 e. The van der Waals surface area contributed by atoms with Crippen LogP contribution in [0.1, 0.15) is 5.56 Å². The summed E-state index contributed by atoms with van der Waals surface area (Å²) in [7, 11) is 1.48. The third-order valence-corrected chi connectivity index (χ3v) is 3.99. The number of carbonyl (C=O) groups is 3. The minimum Gasteiger partial charge on any atom is -0.497 e. The summed E-state index contributed by atoms with van der Waals surface area (Å²) >= 11 is 0. The van der Waals surface area contributed by atoms with Gasteiger partial charge < -0.3 is 4.74 Å². The highest BCUT2D eigenvalue weighted by Crippen LogP contribution is 2.25. The number of barbiturate groups is 1. The van der Waals surface area contributed by atoms with Crippen molar-refractivity contribution >= 4 is 35.4 Å². The average molecular weight is 351 g/mol. The summed E-state index contributed by atoms with van der Waals surface area (Å²) < 4.78 is 5.12. The molecule has 0 aliphatic carbocycles. The van der Waals surface area contributed by atoms with E-state index in [0.29, 0.717) is 17.1 Å². The Hall–Kier alpha value is -3.48. The number of carbonyl (C=O) groups excluding carboxylic acids is 3. The topological polar surface area (TPSA) is 88.1 Å². The van der Waals surface area contributed by atoms with Gasteiger partial charge in [0.1, 0.15) is 5.75 Å². The maximum atomic E-state index is 12.8. The Morgan fingerprint density at radius 3 is 2.62 bits per heavy atom. The molecular weight excluding hydrogens is 334 g/mol. The van der Waals surface area contributed by atoms with Crippen molar-refractivity contribution in [3.63, 3.8) is 0 Å². The number of imide groups is 2. The lowest BCUT2D eigenvalue weighted by molar-refractivity contribution is -0.131. The average Bonchev–Trinajstić information content (AvgIpc) is 2.63. The summed E-state index contributed by atoms with van der Waals surface area (Å²) in [6.07, 6.45) is 1.26. The number of anilines is 1. The van der Waals surface area contributed by atoms with E-state index in [0.717, 1.165) is 10.5 Å². The predicted octanol–water partition coefficient (Wildman–Crippen LogP) is 2.61. The van der Waals surface area contributed by atoms with Gasteiger partial charge in [-0.25, -0.2) is 9.69 Å². The van der Waals surface area contributed by atoms with Crippen molar-refractivity contribution in [3.05, 3.63) is 54.1 Å². The molecule has 0 radical (unpaired) electrons. The lowest BCUT2D eigenvalue weighted by Crippen LogP contribution is -2.58. The molecule has 132 valence electrons. The van der Waals surface area contributed by atoms with Crippen molar-refractivity contribution in [2.24, 2.45) is 10.9 Å². The molecule has 26 heavy (non-hydrogen) atoms. The third kappa shape index (κ3) is 3.32. The van der Waals surface area contributed by atoms with Crippen molar-refractivity contribution < 1.29 is 19.1 Å². The number of nitrogens with one attached hydrogen (secondary N) is 1. The number of amides is 4. The van der Waals surface area contributed by atoms with Crippen molar-refractivity contribution in [3.8, 4) is 5.75 Å². The fourth-order valence-corrected chi connectivity index (χ4v) is 2.58. The van der Waals surface area contributed by atoms with Crippen molar-refractivity contribution in [1.29, 1.82) is 0 Å². The van der Waals surface area contributed by atoms with Gasteiger partial charge in [0.05, 0.1) is 18.5 Å². The quantitative estimate of drug-likeness (QED) is 0.677. The maximum absolute atomic E-state index is 12.8. The molecule has 0 unspecified atom stereocenters. The van der Waals surface area contributed by atoms with Crippen LogP contribution in [0.4, 0.5) is 16.2 Å². The Bertz CT molecular complexity index is 907. The number of aliphatic imine (C=N–C) groups is 1. The predicted molar refractivity (Wildman–Crippen MR) is 96.8 cm³/mol. The van der Waals surface area contributed by atoms with E-state index in [4.69, 9.17) is 4.74 Å². The molecule has 1 N–H and O–H groups in total. The highest BCUT2D eigenvalue weighted by Gasteiger charge is 2.40. The lowest BCUT2D eigenvalue weighted by atomic mass is 10.1. The van der Waals surface area contributed by atoms with Gasteiger partial charge in [-0.1, -0.05) is 24.3 Å². The molecule has 1 atom stereocenters. The number of urea groups is 1. The van der Waals surface area contributed by atoms with Gasteiger partial charge in [-0.3, -0.25) is 19.9 Å². The number of nitrogens with zero attached hydrogens (tertiary/aromatic N) is 2. The van der Waals surface area contributed by atoms with Crippen LogP contribution in [0.25, 0.3) is 0 Å². The monoisotopic (exact) mass is 351 g/mol. The molecule has 2 aromatic carbocycles. The second-order valence-electron chi connectivity index (χ2n) is 5.71. The van der Waals surface area contributed by atoms with E-state index in [9.17, 15) is 14.4 Å². The van der Waals surface area contributed by atoms with Crippen LogP contribution in [0, 0.1) is 12.8 Å². The Kier molecular flexibility index (Phi) is 4.79. The first-order chi connectivity index (χ1) is 12.5. The summed E-state index contributed by atoms with van der Waals surface area (Å²) in [5.41, 5.74) is 1.87. The van der Waals surface area contributed by atoms with E-state index in [1.165, 1.54) is 13.3 Å². The minimum atomic E-state index is -1.20. The molecule has 4 amide bonds. The number of rotatable bonds is 4. The van der Waals surface area contributed by atoms with Gasteiger partial charge in [-0.15, -0.1) is 0 Å². The van der Waals surface area contributed by atoms with E-state index < -0.39 is 23.8 Å². The Morgan fingerprint density at radius 1 is 1.12 bits per heavy atom. The Morgan fingerprint density at radius 2 is 1.88 bits per heavy atom. The molecule has 1 aliphatic rings. The smallest absolute Gasteiger partial charge is 0.335 e. The lowest BCUT2D eigenvalue weighted by Gasteiger charge is -2.28. The highest BCUT2D eigenvalue weighted by atomic mass is 16.5. The summed E-state index contributed by atoms with van der Waals surface area (Å²) in [5.74, 6) is -2.07. The number of ether oxygens (including phenoxy) is 1.